The van der Waals surface area contributed by atoms with E-state index in [-0.39, 0.29) is 5.82 Å². The van der Waals surface area contributed by atoms with Crippen LogP contribution in [0.4, 0.5) is 10.1 Å². The van der Waals surface area contributed by atoms with Crippen LogP contribution < -0.4 is 5.32 Å². The molecule has 2 aromatic rings. The van der Waals surface area contributed by atoms with Crippen LogP contribution in [-0.4, -0.2) is 9.78 Å². The standard InChI is InChI=1S/C12H12BrClFN3/c1-7-12(13)11(18(2)17-7)6-16-10-4-3-8(14)5-9(10)15/h3-5,16H,6H2,1-2H3. The van der Waals surface area contributed by atoms with Crippen molar-refractivity contribution in [2.45, 2.75) is 13.5 Å². The average molecular weight is 333 g/mol. The Labute approximate surface area is 118 Å². The minimum atomic E-state index is -0.363. The Kier molecular flexibility index (Phi) is 3.92. The highest BCUT2D eigenvalue weighted by Gasteiger charge is 2.11. The molecule has 0 aliphatic rings. The molecule has 0 aliphatic carbocycles. The van der Waals surface area contributed by atoms with Crippen LogP contribution in [0.2, 0.25) is 5.02 Å². The quantitative estimate of drug-likeness (QED) is 0.924. The first-order valence-corrected chi connectivity index (χ1v) is 6.53. The monoisotopic (exact) mass is 331 g/mol. The van der Waals surface area contributed by atoms with Gasteiger partial charge in [0.25, 0.3) is 0 Å². The van der Waals surface area contributed by atoms with E-state index in [4.69, 9.17) is 11.6 Å². The van der Waals surface area contributed by atoms with Gasteiger partial charge in [0.2, 0.25) is 0 Å². The van der Waals surface area contributed by atoms with Gasteiger partial charge in [0.1, 0.15) is 5.82 Å². The Bertz CT molecular complexity index is 583. The molecule has 18 heavy (non-hydrogen) atoms. The molecular formula is C12H12BrClFN3. The predicted octanol–water partition coefficient (Wildman–Crippen LogP) is 3.90. The normalized spacial score (nSPS) is 10.7. The third-order valence-electron chi connectivity index (χ3n) is 2.64. The summed E-state index contributed by atoms with van der Waals surface area (Å²) in [7, 11) is 1.85. The molecule has 3 nitrogen and oxygen atoms in total. The number of hydrogen-bond donors (Lipinski definition) is 1. The summed E-state index contributed by atoms with van der Waals surface area (Å²) in [5.74, 6) is -0.363. The van der Waals surface area contributed by atoms with Gasteiger partial charge in [0, 0.05) is 12.1 Å². The van der Waals surface area contributed by atoms with Crippen molar-refractivity contribution in [3.05, 3.63) is 44.9 Å². The van der Waals surface area contributed by atoms with Crippen molar-refractivity contribution in [2.24, 2.45) is 7.05 Å². The van der Waals surface area contributed by atoms with Crippen molar-refractivity contribution in [2.75, 3.05) is 5.32 Å². The van der Waals surface area contributed by atoms with Gasteiger partial charge >= 0.3 is 0 Å². The fourth-order valence-electron chi connectivity index (χ4n) is 1.68. The summed E-state index contributed by atoms with van der Waals surface area (Å²) in [6.45, 7) is 2.40. The lowest BCUT2D eigenvalue weighted by Gasteiger charge is -2.08. The van der Waals surface area contributed by atoms with E-state index in [1.54, 1.807) is 16.8 Å². The van der Waals surface area contributed by atoms with Gasteiger partial charge in [0.05, 0.1) is 28.1 Å². The third kappa shape index (κ3) is 2.67. The lowest BCUT2D eigenvalue weighted by atomic mass is 10.3. The molecule has 0 amide bonds. The zero-order valence-electron chi connectivity index (χ0n) is 9.97. The molecule has 1 N–H and O–H groups in total. The van der Waals surface area contributed by atoms with Crippen LogP contribution in [0.15, 0.2) is 22.7 Å². The molecule has 0 spiro atoms. The number of halogens is 3. The molecule has 0 bridgehead atoms. The molecular weight excluding hydrogens is 321 g/mol. The minimum absolute atomic E-state index is 0.363. The van der Waals surface area contributed by atoms with Crippen molar-refractivity contribution in [3.63, 3.8) is 0 Å². The average Bonchev–Trinajstić information content (AvgIpc) is 2.53. The topological polar surface area (TPSA) is 29.9 Å². The fraction of sp³-hybridized carbons (Fsp3) is 0.250. The maximum atomic E-state index is 13.6. The van der Waals surface area contributed by atoms with E-state index in [0.29, 0.717) is 17.3 Å². The number of anilines is 1. The number of hydrogen-bond acceptors (Lipinski definition) is 2. The van der Waals surface area contributed by atoms with E-state index in [2.05, 4.69) is 26.3 Å². The summed E-state index contributed by atoms with van der Waals surface area (Å²) >= 11 is 9.17. The zero-order chi connectivity index (χ0) is 13.3. The second-order valence-corrected chi connectivity index (χ2v) is 5.18. The van der Waals surface area contributed by atoms with Gasteiger partial charge in [-0.3, -0.25) is 4.68 Å². The van der Waals surface area contributed by atoms with Crippen LogP contribution in [0.5, 0.6) is 0 Å². The second-order valence-electron chi connectivity index (χ2n) is 3.95. The Morgan fingerprint density at radius 2 is 2.22 bits per heavy atom. The molecule has 96 valence electrons. The second kappa shape index (κ2) is 5.28. The van der Waals surface area contributed by atoms with Gasteiger partial charge in [-0.1, -0.05) is 11.6 Å². The van der Waals surface area contributed by atoms with Crippen molar-refractivity contribution in [3.8, 4) is 0 Å². The number of aryl methyl sites for hydroxylation is 2. The fourth-order valence-corrected chi connectivity index (χ4v) is 2.32. The smallest absolute Gasteiger partial charge is 0.147 e. The van der Waals surface area contributed by atoms with Gasteiger partial charge in [0.15, 0.2) is 0 Å². The highest BCUT2D eigenvalue weighted by molar-refractivity contribution is 9.10. The summed E-state index contributed by atoms with van der Waals surface area (Å²) in [5, 5.41) is 7.69. The van der Waals surface area contributed by atoms with Crippen LogP contribution >= 0.6 is 27.5 Å². The van der Waals surface area contributed by atoms with Gasteiger partial charge < -0.3 is 5.32 Å². The van der Waals surface area contributed by atoms with Gasteiger partial charge in [-0.2, -0.15) is 5.10 Å². The summed E-state index contributed by atoms with van der Waals surface area (Å²) in [6, 6.07) is 4.55. The summed E-state index contributed by atoms with van der Waals surface area (Å²) in [6.07, 6.45) is 0. The minimum Gasteiger partial charge on any atom is -0.377 e. The largest absolute Gasteiger partial charge is 0.377 e. The highest BCUT2D eigenvalue weighted by atomic mass is 79.9. The molecule has 1 heterocycles. The Hall–Kier alpha value is -1.07. The number of rotatable bonds is 3. The molecule has 2 rings (SSSR count). The van der Waals surface area contributed by atoms with Crippen LogP contribution in [0.1, 0.15) is 11.4 Å². The lowest BCUT2D eigenvalue weighted by Crippen LogP contribution is -2.07. The molecule has 0 fully saturated rings. The molecule has 0 saturated carbocycles. The van der Waals surface area contributed by atoms with Gasteiger partial charge in [-0.25, -0.2) is 4.39 Å². The van der Waals surface area contributed by atoms with E-state index < -0.39 is 0 Å². The molecule has 6 heteroatoms. The van der Waals surface area contributed by atoms with E-state index >= 15 is 0 Å². The third-order valence-corrected chi connectivity index (χ3v) is 3.91. The van der Waals surface area contributed by atoms with E-state index in [0.717, 1.165) is 15.9 Å². The van der Waals surface area contributed by atoms with Crippen LogP contribution in [-0.2, 0) is 13.6 Å². The molecule has 0 atom stereocenters. The molecule has 0 saturated heterocycles. The van der Waals surface area contributed by atoms with Crippen molar-refractivity contribution < 1.29 is 4.39 Å². The van der Waals surface area contributed by atoms with E-state index in [1.807, 2.05) is 14.0 Å². The Morgan fingerprint density at radius 1 is 1.50 bits per heavy atom. The number of nitrogens with zero attached hydrogens (tertiary/aromatic N) is 2. The predicted molar refractivity (Wildman–Crippen MR) is 74.4 cm³/mol. The Balaban J connectivity index is 2.16. The first-order valence-electron chi connectivity index (χ1n) is 5.36. The molecule has 0 radical (unpaired) electrons. The summed E-state index contributed by atoms with van der Waals surface area (Å²) in [4.78, 5) is 0. The van der Waals surface area contributed by atoms with Gasteiger partial charge in [-0.05, 0) is 41.1 Å². The highest BCUT2D eigenvalue weighted by Crippen LogP contribution is 2.23. The molecule has 0 aliphatic heterocycles. The summed E-state index contributed by atoms with van der Waals surface area (Å²) < 4.78 is 16.3. The first-order chi connectivity index (χ1) is 8.49. The van der Waals surface area contributed by atoms with E-state index in [1.165, 1.54) is 6.07 Å². The first kappa shape index (κ1) is 13.4. The molecule has 0 unspecified atom stereocenters. The maximum Gasteiger partial charge on any atom is 0.147 e. The molecule has 1 aromatic heterocycles. The summed E-state index contributed by atoms with van der Waals surface area (Å²) in [5.41, 5.74) is 2.29. The van der Waals surface area contributed by atoms with Gasteiger partial charge in [-0.15, -0.1) is 0 Å². The maximum absolute atomic E-state index is 13.6. The number of benzene rings is 1. The lowest BCUT2D eigenvalue weighted by molar-refractivity contribution is 0.629. The SMILES string of the molecule is Cc1nn(C)c(CNc2ccc(Cl)cc2F)c1Br. The zero-order valence-corrected chi connectivity index (χ0v) is 12.3. The number of nitrogens with one attached hydrogen (secondary N) is 1. The van der Waals surface area contributed by atoms with Crippen LogP contribution in [0, 0.1) is 12.7 Å². The van der Waals surface area contributed by atoms with Crippen molar-refractivity contribution >= 4 is 33.2 Å². The number of aromatic nitrogens is 2. The van der Waals surface area contributed by atoms with Crippen molar-refractivity contribution in [1.29, 1.82) is 0 Å². The van der Waals surface area contributed by atoms with Crippen LogP contribution in [0.25, 0.3) is 0 Å². The van der Waals surface area contributed by atoms with Crippen molar-refractivity contribution in [1.82, 2.24) is 9.78 Å². The molecule has 1 aromatic carbocycles. The Morgan fingerprint density at radius 3 is 2.78 bits per heavy atom. The van der Waals surface area contributed by atoms with Crippen LogP contribution in [0.3, 0.4) is 0 Å². The van der Waals surface area contributed by atoms with E-state index in [9.17, 15) is 4.39 Å².